The summed E-state index contributed by atoms with van der Waals surface area (Å²) in [6.45, 7) is 11.7. The van der Waals surface area contributed by atoms with Gasteiger partial charge in [-0.2, -0.15) is 0 Å². The number of hydrogen-bond donors (Lipinski definition) is 1. The second-order valence-corrected chi connectivity index (χ2v) is 11.9. The molecule has 1 radical (unpaired) electrons. The first-order valence-corrected chi connectivity index (χ1v) is 16.1. The zero-order chi connectivity index (χ0) is 33.1. The van der Waals surface area contributed by atoms with Crippen LogP contribution in [0, 0.1) is 43.4 Å². The molecule has 0 aliphatic carbocycles. The van der Waals surface area contributed by atoms with Gasteiger partial charge in [0.2, 0.25) is 0 Å². The van der Waals surface area contributed by atoms with E-state index in [0.29, 0.717) is 38.8 Å². The number of aryl methyl sites for hydroxylation is 2. The number of aliphatic hydroxyl groups excluding tert-OH is 1. The van der Waals surface area contributed by atoms with Crippen LogP contribution in [0.2, 0.25) is 0 Å². The van der Waals surface area contributed by atoms with Crippen molar-refractivity contribution in [1.82, 2.24) is 4.98 Å². The fourth-order valence-electron chi connectivity index (χ4n) is 6.22. The first kappa shape index (κ1) is 35.9. The Labute approximate surface area is 288 Å². The van der Waals surface area contributed by atoms with Crippen molar-refractivity contribution >= 4 is 49.3 Å². The van der Waals surface area contributed by atoms with Crippen molar-refractivity contribution in [1.29, 1.82) is 0 Å². The zero-order valence-electron chi connectivity index (χ0n) is 27.6. The second-order valence-electron chi connectivity index (χ2n) is 11.9. The van der Waals surface area contributed by atoms with E-state index in [9.17, 15) is 18.7 Å². The number of hydrogen-bond acceptors (Lipinski definition) is 4. The zero-order valence-corrected chi connectivity index (χ0v) is 30.0. The molecule has 247 valence electrons. The van der Waals surface area contributed by atoms with Crippen LogP contribution in [0.1, 0.15) is 64.5 Å². The first-order valence-electron chi connectivity index (χ1n) is 16.1. The number of carbonyl (C=O) groups is 1. The summed E-state index contributed by atoms with van der Waals surface area (Å²) in [6, 6.07) is 19.3. The molecule has 0 fully saturated rings. The molecular weight excluding hydrogens is 773 g/mol. The number of benzene rings is 4. The Hall–Kier alpha value is -3.93. The molecule has 0 aliphatic heterocycles. The Kier molecular flexibility index (Phi) is 11.7. The van der Waals surface area contributed by atoms with Crippen molar-refractivity contribution in [3.8, 4) is 11.3 Å². The topological polar surface area (TPSA) is 63.3 Å². The maximum Gasteiger partial charge on any atom is 0.162 e. The fourth-order valence-corrected chi connectivity index (χ4v) is 6.22. The second kappa shape index (κ2) is 15.3. The molecule has 0 unspecified atom stereocenters. The van der Waals surface area contributed by atoms with Crippen LogP contribution in [0.15, 0.2) is 77.0 Å². The van der Waals surface area contributed by atoms with Gasteiger partial charge in [0.25, 0.3) is 0 Å². The molecule has 0 atom stereocenters. The molecule has 2 heterocycles. The van der Waals surface area contributed by atoms with Crippen molar-refractivity contribution in [2.24, 2.45) is 11.8 Å². The first-order chi connectivity index (χ1) is 22.1. The van der Waals surface area contributed by atoms with Gasteiger partial charge in [0.1, 0.15) is 17.2 Å². The van der Waals surface area contributed by atoms with Gasteiger partial charge in [0.15, 0.2) is 5.78 Å². The van der Waals surface area contributed by atoms with Gasteiger partial charge in [-0.1, -0.05) is 69.8 Å². The molecule has 4 nitrogen and oxygen atoms in total. The summed E-state index contributed by atoms with van der Waals surface area (Å²) in [5, 5.41) is 14.6. The van der Waals surface area contributed by atoms with Crippen LogP contribution in [-0.2, 0) is 24.9 Å². The number of furan rings is 1. The number of pyridine rings is 1. The van der Waals surface area contributed by atoms with Crippen LogP contribution in [0.25, 0.3) is 54.7 Å². The average Bonchev–Trinajstić information content (AvgIpc) is 3.42. The predicted octanol–water partition coefficient (Wildman–Crippen LogP) is 11.5. The molecule has 6 aromatic rings. The summed E-state index contributed by atoms with van der Waals surface area (Å²) < 4.78 is 34.8. The number of aromatic nitrogens is 1. The summed E-state index contributed by atoms with van der Waals surface area (Å²) in [4.78, 5) is 16.4. The quantitative estimate of drug-likeness (QED) is 0.0720. The molecule has 0 saturated heterocycles. The summed E-state index contributed by atoms with van der Waals surface area (Å²) >= 11 is 0. The Morgan fingerprint density at radius 3 is 2.23 bits per heavy atom. The van der Waals surface area contributed by atoms with Crippen LogP contribution in [-0.4, -0.2) is 15.9 Å². The van der Waals surface area contributed by atoms with Gasteiger partial charge in [0.05, 0.1) is 11.3 Å². The van der Waals surface area contributed by atoms with Gasteiger partial charge >= 0.3 is 0 Å². The Morgan fingerprint density at radius 2 is 1.55 bits per heavy atom. The van der Waals surface area contributed by atoms with E-state index < -0.39 is 0 Å². The third kappa shape index (κ3) is 7.17. The van der Waals surface area contributed by atoms with Crippen molar-refractivity contribution in [2.75, 3.05) is 0 Å². The maximum absolute atomic E-state index is 15.0. The molecule has 0 bridgehead atoms. The van der Waals surface area contributed by atoms with E-state index in [1.54, 1.807) is 31.3 Å². The largest absolute Gasteiger partial charge is 0.512 e. The number of fused-ring (bicyclic) bond motifs is 6. The number of aliphatic hydroxyl groups is 1. The van der Waals surface area contributed by atoms with Crippen LogP contribution < -0.4 is 0 Å². The monoisotopic (exact) mass is 813 g/mol. The Morgan fingerprint density at radius 1 is 0.872 bits per heavy atom. The van der Waals surface area contributed by atoms with Crippen LogP contribution in [0.4, 0.5) is 8.78 Å². The molecule has 47 heavy (non-hydrogen) atoms. The van der Waals surface area contributed by atoms with Crippen LogP contribution in [0.5, 0.6) is 0 Å². The molecule has 4 aromatic carbocycles. The van der Waals surface area contributed by atoms with E-state index in [1.165, 1.54) is 18.2 Å². The van der Waals surface area contributed by atoms with Crippen LogP contribution >= 0.6 is 0 Å². The molecule has 7 heteroatoms. The van der Waals surface area contributed by atoms with E-state index in [2.05, 4.69) is 11.1 Å². The molecule has 6 rings (SSSR count). The van der Waals surface area contributed by atoms with E-state index >= 15 is 0 Å². The summed E-state index contributed by atoms with van der Waals surface area (Å²) in [7, 11) is 0. The van der Waals surface area contributed by atoms with Gasteiger partial charge < -0.3 is 14.5 Å². The standard InChI is InChI=1S/C27H16F2NO.C13H24O2.Ir/c1-14-11-21-24-23(8-3-15(2)25(24)29)31-27(21)22(12-14)26-20-6-4-16-13-17(28)5-7-18(16)19(20)9-10-30-26;1-5-10(6-2)12(14)9-13(15)11(7-3)8-4;/h3-11,13H,1-2H3;9-11,14H,5-8H2,1-4H3;/q-1;;/b;12-9-;. The molecule has 2 aromatic heterocycles. The molecule has 0 amide bonds. The van der Waals surface area contributed by atoms with Crippen LogP contribution in [0.3, 0.4) is 0 Å². The minimum atomic E-state index is -0.272. The van der Waals surface area contributed by atoms with E-state index in [0.717, 1.165) is 52.8 Å². The summed E-state index contributed by atoms with van der Waals surface area (Å²) in [6.07, 6.45) is 6.64. The Balaban J connectivity index is 0.000000269. The molecular formula is C40H40F2IrNO3-. The van der Waals surface area contributed by atoms with Crippen molar-refractivity contribution in [2.45, 2.75) is 67.2 Å². The Bertz CT molecular complexity index is 2090. The van der Waals surface area contributed by atoms with Gasteiger partial charge in [0, 0.05) is 49.6 Å². The minimum Gasteiger partial charge on any atom is -0.512 e. The number of ketones is 1. The van der Waals surface area contributed by atoms with E-state index in [4.69, 9.17) is 4.42 Å². The average molecular weight is 813 g/mol. The van der Waals surface area contributed by atoms with Gasteiger partial charge in [-0.15, -0.1) is 17.7 Å². The number of carbonyl (C=O) groups excluding carboxylic acids is 1. The SMILES string of the molecule is CCC(CC)C(=O)/C=C(\O)C(CC)CC.Cc1[c-]c(-c2nccc3c2ccc2cc(F)ccc23)c2oc3ccc(C)c(F)c3c2c1.[Ir]. The van der Waals surface area contributed by atoms with Gasteiger partial charge in [-0.05, 0) is 89.7 Å². The molecule has 0 aliphatic rings. The maximum atomic E-state index is 15.0. The van der Waals surface area contributed by atoms with E-state index in [1.807, 2.05) is 58.9 Å². The molecule has 0 spiro atoms. The third-order valence-corrected chi connectivity index (χ3v) is 8.98. The van der Waals surface area contributed by atoms with Gasteiger partial charge in [-0.3, -0.25) is 4.79 Å². The minimum absolute atomic E-state index is 0. The smallest absolute Gasteiger partial charge is 0.162 e. The predicted molar refractivity (Wildman–Crippen MR) is 184 cm³/mol. The molecule has 0 saturated carbocycles. The number of halogens is 2. The fraction of sp³-hybridized carbons (Fsp3) is 0.300. The molecule has 1 N–H and O–H groups in total. The van der Waals surface area contributed by atoms with E-state index in [-0.39, 0.29) is 55.1 Å². The third-order valence-electron chi connectivity index (χ3n) is 8.98. The van der Waals surface area contributed by atoms with Crippen molar-refractivity contribution in [3.63, 3.8) is 0 Å². The normalized spacial score (nSPS) is 11.8. The van der Waals surface area contributed by atoms with Gasteiger partial charge in [-0.25, -0.2) is 8.78 Å². The number of rotatable bonds is 8. The summed E-state index contributed by atoms with van der Waals surface area (Å²) in [5.41, 5.74) is 3.89. The van der Waals surface area contributed by atoms with Crippen molar-refractivity contribution in [3.05, 3.63) is 101 Å². The number of allylic oxidation sites excluding steroid dienone is 2. The number of nitrogens with zero attached hydrogens (tertiary/aromatic N) is 1. The summed E-state index contributed by atoms with van der Waals surface area (Å²) in [5.74, 6) is 0.00674. The van der Waals surface area contributed by atoms with Crippen molar-refractivity contribution < 1.29 is 43.2 Å².